The van der Waals surface area contributed by atoms with Crippen LogP contribution >= 0.6 is 0 Å². The van der Waals surface area contributed by atoms with E-state index >= 15 is 0 Å². The summed E-state index contributed by atoms with van der Waals surface area (Å²) in [4.78, 5) is 14.7. The Morgan fingerprint density at radius 3 is 2.94 bits per heavy atom. The van der Waals surface area contributed by atoms with Gasteiger partial charge in [0.05, 0.1) is 6.54 Å². The first kappa shape index (κ1) is 11.2. The van der Waals surface area contributed by atoms with Gasteiger partial charge in [-0.3, -0.25) is 4.79 Å². The van der Waals surface area contributed by atoms with Crippen LogP contribution in [0.1, 0.15) is 25.0 Å². The Hall–Kier alpha value is -1.29. The van der Waals surface area contributed by atoms with Crippen LogP contribution in [0.5, 0.6) is 0 Å². The predicted octanol–water partition coefficient (Wildman–Crippen LogP) is 1.02. The number of amides is 1. The monoisotopic (exact) mass is 221 g/mol. The van der Waals surface area contributed by atoms with Crippen molar-refractivity contribution >= 4 is 5.91 Å². The van der Waals surface area contributed by atoms with Crippen LogP contribution in [-0.4, -0.2) is 24.0 Å². The van der Waals surface area contributed by atoms with Gasteiger partial charge in [0.25, 0.3) is 0 Å². The van der Waals surface area contributed by atoms with E-state index in [1.807, 2.05) is 18.3 Å². The highest BCUT2D eigenvalue weighted by molar-refractivity contribution is 5.76. The molecule has 1 fully saturated rings. The minimum atomic E-state index is 0.168. The van der Waals surface area contributed by atoms with Crippen molar-refractivity contribution in [1.82, 2.24) is 15.6 Å². The molecule has 88 valence electrons. The smallest absolute Gasteiger partial charge is 0.220 e. The van der Waals surface area contributed by atoms with E-state index in [9.17, 15) is 4.79 Å². The first-order valence-corrected chi connectivity index (χ1v) is 5.94. The normalized spacial score (nSPS) is 17.2. The number of hydrogen-bond acceptors (Lipinski definition) is 2. The average molecular weight is 221 g/mol. The van der Waals surface area contributed by atoms with Crippen molar-refractivity contribution < 1.29 is 4.79 Å². The zero-order chi connectivity index (χ0) is 11.2. The van der Waals surface area contributed by atoms with E-state index in [1.54, 1.807) is 0 Å². The van der Waals surface area contributed by atoms with Gasteiger partial charge in [-0.25, -0.2) is 0 Å². The molecule has 16 heavy (non-hydrogen) atoms. The fraction of sp³-hybridized carbons (Fsp3) is 0.583. The standard InChI is InChI=1S/C12H19N3O/c16-12(8-10-3-6-13-7-4-10)15-9-11-2-1-5-14-11/h1-2,5,10,13-14H,3-4,6-9H2,(H,15,16). The van der Waals surface area contributed by atoms with Gasteiger partial charge in [-0.15, -0.1) is 0 Å². The molecule has 0 aliphatic carbocycles. The van der Waals surface area contributed by atoms with Gasteiger partial charge in [0.1, 0.15) is 0 Å². The molecule has 2 rings (SSSR count). The van der Waals surface area contributed by atoms with Gasteiger partial charge in [0, 0.05) is 18.3 Å². The van der Waals surface area contributed by atoms with Crippen molar-refractivity contribution in [3.8, 4) is 0 Å². The molecule has 0 atom stereocenters. The summed E-state index contributed by atoms with van der Waals surface area (Å²) in [5.74, 6) is 0.728. The molecule has 1 saturated heterocycles. The molecule has 0 radical (unpaired) electrons. The quantitative estimate of drug-likeness (QED) is 0.711. The Morgan fingerprint density at radius 1 is 1.44 bits per heavy atom. The second-order valence-corrected chi connectivity index (χ2v) is 4.37. The molecular formula is C12H19N3O. The maximum absolute atomic E-state index is 11.7. The van der Waals surface area contributed by atoms with Gasteiger partial charge < -0.3 is 15.6 Å². The SMILES string of the molecule is O=C(CC1CCNCC1)NCc1ccc[nH]1. The molecule has 1 aliphatic rings. The Bertz CT molecular complexity index is 315. The topological polar surface area (TPSA) is 56.9 Å². The average Bonchev–Trinajstić information content (AvgIpc) is 2.81. The first-order valence-electron chi connectivity index (χ1n) is 5.94. The van der Waals surface area contributed by atoms with E-state index in [2.05, 4.69) is 15.6 Å². The number of carbonyl (C=O) groups excluding carboxylic acids is 1. The van der Waals surface area contributed by atoms with Gasteiger partial charge >= 0.3 is 0 Å². The third kappa shape index (κ3) is 3.38. The van der Waals surface area contributed by atoms with E-state index in [0.29, 0.717) is 18.9 Å². The van der Waals surface area contributed by atoms with Crippen molar-refractivity contribution in [2.45, 2.75) is 25.8 Å². The molecule has 2 heterocycles. The van der Waals surface area contributed by atoms with E-state index in [4.69, 9.17) is 0 Å². The molecule has 0 unspecified atom stereocenters. The zero-order valence-corrected chi connectivity index (χ0v) is 9.46. The molecule has 1 aliphatic heterocycles. The maximum Gasteiger partial charge on any atom is 0.220 e. The molecule has 1 aromatic heterocycles. The second kappa shape index (κ2) is 5.70. The summed E-state index contributed by atoms with van der Waals surface area (Å²) in [5, 5.41) is 6.25. The van der Waals surface area contributed by atoms with Crippen molar-refractivity contribution in [2.75, 3.05) is 13.1 Å². The molecule has 0 saturated carbocycles. The minimum Gasteiger partial charge on any atom is -0.364 e. The van der Waals surface area contributed by atoms with Crippen LogP contribution in [0.2, 0.25) is 0 Å². The highest BCUT2D eigenvalue weighted by atomic mass is 16.1. The number of rotatable bonds is 4. The number of hydrogen-bond donors (Lipinski definition) is 3. The van der Waals surface area contributed by atoms with Crippen LogP contribution in [0.15, 0.2) is 18.3 Å². The van der Waals surface area contributed by atoms with E-state index in [1.165, 1.54) is 0 Å². The van der Waals surface area contributed by atoms with E-state index < -0.39 is 0 Å². The third-order valence-corrected chi connectivity index (χ3v) is 3.07. The summed E-state index contributed by atoms with van der Waals surface area (Å²) in [5.41, 5.74) is 1.05. The van der Waals surface area contributed by atoms with Crippen LogP contribution in [0.3, 0.4) is 0 Å². The third-order valence-electron chi connectivity index (χ3n) is 3.07. The van der Waals surface area contributed by atoms with Crippen molar-refractivity contribution in [3.05, 3.63) is 24.0 Å². The number of piperidine rings is 1. The molecule has 0 spiro atoms. The van der Waals surface area contributed by atoms with Crippen molar-refractivity contribution in [2.24, 2.45) is 5.92 Å². The Labute approximate surface area is 95.8 Å². The number of carbonyl (C=O) groups is 1. The minimum absolute atomic E-state index is 0.168. The maximum atomic E-state index is 11.7. The number of H-pyrrole nitrogens is 1. The van der Waals surface area contributed by atoms with Gasteiger partial charge in [-0.2, -0.15) is 0 Å². The van der Waals surface area contributed by atoms with Crippen LogP contribution in [-0.2, 0) is 11.3 Å². The summed E-state index contributed by atoms with van der Waals surface area (Å²) in [7, 11) is 0. The summed E-state index contributed by atoms with van der Waals surface area (Å²) in [6, 6.07) is 3.92. The van der Waals surface area contributed by atoms with Gasteiger partial charge in [0.15, 0.2) is 0 Å². The summed E-state index contributed by atoms with van der Waals surface area (Å²) in [6.45, 7) is 2.71. The van der Waals surface area contributed by atoms with Crippen LogP contribution < -0.4 is 10.6 Å². The van der Waals surface area contributed by atoms with E-state index in [-0.39, 0.29) is 5.91 Å². The highest BCUT2D eigenvalue weighted by Gasteiger charge is 2.16. The zero-order valence-electron chi connectivity index (χ0n) is 9.46. The van der Waals surface area contributed by atoms with Gasteiger partial charge in [0.2, 0.25) is 5.91 Å². The molecule has 0 aromatic carbocycles. The molecule has 4 nitrogen and oxygen atoms in total. The summed E-state index contributed by atoms with van der Waals surface area (Å²) in [6.07, 6.45) is 4.78. The second-order valence-electron chi connectivity index (χ2n) is 4.37. The highest BCUT2D eigenvalue weighted by Crippen LogP contribution is 2.15. The lowest BCUT2D eigenvalue weighted by Crippen LogP contribution is -2.32. The van der Waals surface area contributed by atoms with Crippen molar-refractivity contribution in [1.29, 1.82) is 0 Å². The fourth-order valence-electron chi connectivity index (χ4n) is 2.09. The lowest BCUT2D eigenvalue weighted by Gasteiger charge is -2.21. The van der Waals surface area contributed by atoms with Crippen LogP contribution in [0.4, 0.5) is 0 Å². The Kier molecular flexibility index (Phi) is 3.99. The molecule has 0 bridgehead atoms. The summed E-state index contributed by atoms with van der Waals surface area (Å²) >= 11 is 0. The lowest BCUT2D eigenvalue weighted by atomic mass is 9.94. The lowest BCUT2D eigenvalue weighted by molar-refractivity contribution is -0.122. The fourth-order valence-corrected chi connectivity index (χ4v) is 2.09. The number of aromatic amines is 1. The largest absolute Gasteiger partial charge is 0.364 e. The van der Waals surface area contributed by atoms with Crippen LogP contribution in [0.25, 0.3) is 0 Å². The van der Waals surface area contributed by atoms with E-state index in [0.717, 1.165) is 31.6 Å². The Morgan fingerprint density at radius 2 is 2.25 bits per heavy atom. The number of nitrogens with one attached hydrogen (secondary N) is 3. The molecule has 4 heteroatoms. The Balaban J connectivity index is 1.67. The summed E-state index contributed by atoms with van der Waals surface area (Å²) < 4.78 is 0. The van der Waals surface area contributed by atoms with Gasteiger partial charge in [-0.1, -0.05) is 0 Å². The molecule has 1 aromatic rings. The predicted molar refractivity (Wildman–Crippen MR) is 62.9 cm³/mol. The van der Waals surface area contributed by atoms with Crippen molar-refractivity contribution in [3.63, 3.8) is 0 Å². The molecule has 3 N–H and O–H groups in total. The van der Waals surface area contributed by atoms with Gasteiger partial charge in [-0.05, 0) is 44.0 Å². The first-order chi connectivity index (χ1) is 7.84. The number of aromatic nitrogens is 1. The molecular weight excluding hydrogens is 202 g/mol. The van der Waals surface area contributed by atoms with Crippen LogP contribution in [0, 0.1) is 5.92 Å². The molecule has 1 amide bonds.